The summed E-state index contributed by atoms with van der Waals surface area (Å²) in [7, 11) is 0. The largest absolute Gasteiger partial charge is 0.369 e. The van der Waals surface area contributed by atoms with Gasteiger partial charge in [-0.25, -0.2) is 4.98 Å². The lowest BCUT2D eigenvalue weighted by atomic mass is 10.0. The average molecular weight is 374 g/mol. The first-order valence-electron chi connectivity index (χ1n) is 8.22. The maximum absolute atomic E-state index is 12.5. The highest BCUT2D eigenvalue weighted by Gasteiger charge is 2.25. The summed E-state index contributed by atoms with van der Waals surface area (Å²) in [4.78, 5) is 39.8. The molecule has 0 saturated carbocycles. The van der Waals surface area contributed by atoms with Gasteiger partial charge in [-0.3, -0.25) is 14.4 Å². The molecule has 1 unspecified atom stereocenters. The highest BCUT2D eigenvalue weighted by molar-refractivity contribution is 7.13. The van der Waals surface area contributed by atoms with Crippen molar-refractivity contribution in [1.82, 2.24) is 10.3 Å². The molecule has 1 aromatic carbocycles. The molecule has 1 aromatic heterocycles. The lowest BCUT2D eigenvalue weighted by Gasteiger charge is -2.21. The van der Waals surface area contributed by atoms with Gasteiger partial charge in [0, 0.05) is 5.38 Å². The molecule has 1 atom stereocenters. The van der Waals surface area contributed by atoms with E-state index in [-0.39, 0.29) is 30.6 Å². The van der Waals surface area contributed by atoms with Crippen LogP contribution in [0.5, 0.6) is 0 Å². The Morgan fingerprint density at radius 1 is 1.15 bits per heavy atom. The topological polar surface area (TPSA) is 114 Å². The first-order valence-corrected chi connectivity index (χ1v) is 9.10. The minimum Gasteiger partial charge on any atom is -0.369 e. The van der Waals surface area contributed by atoms with Crippen molar-refractivity contribution in [2.24, 2.45) is 11.7 Å². The number of aromatic nitrogens is 1. The van der Waals surface area contributed by atoms with E-state index in [4.69, 9.17) is 5.73 Å². The van der Waals surface area contributed by atoms with Crippen molar-refractivity contribution >= 4 is 34.2 Å². The van der Waals surface area contributed by atoms with Crippen LogP contribution in [0, 0.1) is 5.92 Å². The molecule has 4 N–H and O–H groups in total. The van der Waals surface area contributed by atoms with Crippen LogP contribution in [0.4, 0.5) is 5.13 Å². The molecule has 2 aromatic rings. The molecular weight excluding hydrogens is 352 g/mol. The molecule has 0 fully saturated rings. The third kappa shape index (κ3) is 5.96. The van der Waals surface area contributed by atoms with Crippen LogP contribution in [0.15, 0.2) is 35.7 Å². The molecule has 7 nitrogen and oxygen atoms in total. The van der Waals surface area contributed by atoms with Gasteiger partial charge in [0.1, 0.15) is 6.04 Å². The van der Waals surface area contributed by atoms with Gasteiger partial charge in [0.05, 0.1) is 18.5 Å². The Morgan fingerprint density at radius 2 is 1.85 bits per heavy atom. The van der Waals surface area contributed by atoms with Gasteiger partial charge in [0.25, 0.3) is 0 Å². The van der Waals surface area contributed by atoms with Gasteiger partial charge in [-0.1, -0.05) is 44.2 Å². The number of nitrogens with one attached hydrogen (secondary N) is 2. The molecule has 1 heterocycles. The number of rotatable bonds is 8. The van der Waals surface area contributed by atoms with E-state index >= 15 is 0 Å². The second-order valence-corrected chi connectivity index (χ2v) is 7.09. The van der Waals surface area contributed by atoms with Crippen LogP contribution in [0.25, 0.3) is 0 Å². The van der Waals surface area contributed by atoms with E-state index < -0.39 is 11.9 Å². The lowest BCUT2D eigenvalue weighted by Crippen LogP contribution is -2.47. The van der Waals surface area contributed by atoms with Crippen molar-refractivity contribution in [2.75, 3.05) is 5.32 Å². The predicted octanol–water partition coefficient (Wildman–Crippen LogP) is 1.49. The van der Waals surface area contributed by atoms with Crippen molar-refractivity contribution < 1.29 is 14.4 Å². The van der Waals surface area contributed by atoms with Gasteiger partial charge in [-0.05, 0) is 11.5 Å². The molecule has 26 heavy (non-hydrogen) atoms. The normalized spacial score (nSPS) is 11.8. The first kappa shape index (κ1) is 19.6. The van der Waals surface area contributed by atoms with E-state index in [1.807, 2.05) is 44.2 Å². The third-order valence-corrected chi connectivity index (χ3v) is 4.42. The summed E-state index contributed by atoms with van der Waals surface area (Å²) >= 11 is 1.21. The number of nitrogens with zero attached hydrogens (tertiary/aromatic N) is 1. The Balaban J connectivity index is 1.97. The second-order valence-electron chi connectivity index (χ2n) is 6.23. The van der Waals surface area contributed by atoms with Crippen LogP contribution >= 0.6 is 11.3 Å². The molecule has 2 rings (SSSR count). The number of anilines is 1. The monoisotopic (exact) mass is 374 g/mol. The van der Waals surface area contributed by atoms with E-state index in [9.17, 15) is 14.4 Å². The molecule has 0 radical (unpaired) electrons. The SMILES string of the molecule is CC(C)C(NC(=O)Cc1ccccc1)C(=O)Nc1nc(CC(N)=O)cs1. The fraction of sp³-hybridized carbons (Fsp3) is 0.333. The van der Waals surface area contributed by atoms with E-state index in [1.54, 1.807) is 5.38 Å². The van der Waals surface area contributed by atoms with Crippen molar-refractivity contribution in [1.29, 1.82) is 0 Å². The Hall–Kier alpha value is -2.74. The van der Waals surface area contributed by atoms with E-state index in [0.29, 0.717) is 10.8 Å². The van der Waals surface area contributed by atoms with Gasteiger partial charge >= 0.3 is 0 Å². The third-order valence-electron chi connectivity index (χ3n) is 3.61. The van der Waals surface area contributed by atoms with Crippen LogP contribution in [0.3, 0.4) is 0 Å². The summed E-state index contributed by atoms with van der Waals surface area (Å²) in [5.41, 5.74) is 6.52. The van der Waals surface area contributed by atoms with Crippen LogP contribution in [0.2, 0.25) is 0 Å². The van der Waals surface area contributed by atoms with Gasteiger partial charge in [-0.2, -0.15) is 0 Å². The molecule has 138 valence electrons. The second kappa shape index (κ2) is 9.10. The lowest BCUT2D eigenvalue weighted by molar-refractivity contribution is -0.127. The summed E-state index contributed by atoms with van der Waals surface area (Å²) in [5, 5.41) is 7.50. The summed E-state index contributed by atoms with van der Waals surface area (Å²) in [6, 6.07) is 8.64. The smallest absolute Gasteiger partial charge is 0.248 e. The fourth-order valence-corrected chi connectivity index (χ4v) is 3.06. The highest BCUT2D eigenvalue weighted by atomic mass is 32.1. The number of amides is 3. The zero-order valence-corrected chi connectivity index (χ0v) is 15.5. The maximum Gasteiger partial charge on any atom is 0.248 e. The number of thiazole rings is 1. The van der Waals surface area contributed by atoms with Gasteiger partial charge in [0.2, 0.25) is 17.7 Å². The van der Waals surface area contributed by atoms with Crippen LogP contribution in [0.1, 0.15) is 25.1 Å². The summed E-state index contributed by atoms with van der Waals surface area (Å²) in [6.07, 6.45) is 0.227. The van der Waals surface area contributed by atoms with Crippen molar-refractivity contribution in [3.05, 3.63) is 47.0 Å². The van der Waals surface area contributed by atoms with Crippen LogP contribution < -0.4 is 16.4 Å². The Kier molecular flexibility index (Phi) is 6.85. The molecule has 8 heteroatoms. The molecule has 0 aliphatic carbocycles. The van der Waals surface area contributed by atoms with Crippen molar-refractivity contribution in [2.45, 2.75) is 32.7 Å². The summed E-state index contributed by atoms with van der Waals surface area (Å²) in [5.74, 6) is -1.15. The molecule has 0 spiro atoms. The van der Waals surface area contributed by atoms with Crippen molar-refractivity contribution in [3.63, 3.8) is 0 Å². The minimum atomic E-state index is -0.685. The van der Waals surface area contributed by atoms with E-state index in [1.165, 1.54) is 11.3 Å². The van der Waals surface area contributed by atoms with E-state index in [2.05, 4.69) is 15.6 Å². The molecule has 0 saturated heterocycles. The quantitative estimate of drug-likeness (QED) is 0.649. The number of hydrogen-bond donors (Lipinski definition) is 3. The molecular formula is C18H22N4O3S. The number of carbonyl (C=O) groups excluding carboxylic acids is 3. The minimum absolute atomic E-state index is 0.0216. The summed E-state index contributed by atoms with van der Waals surface area (Å²) in [6.45, 7) is 3.71. The maximum atomic E-state index is 12.5. The van der Waals surface area contributed by atoms with Crippen LogP contribution in [-0.2, 0) is 27.2 Å². The summed E-state index contributed by atoms with van der Waals surface area (Å²) < 4.78 is 0. The first-order chi connectivity index (χ1) is 12.3. The molecule has 0 aliphatic rings. The zero-order valence-electron chi connectivity index (χ0n) is 14.7. The average Bonchev–Trinajstić information content (AvgIpc) is 2.99. The number of hydrogen-bond acceptors (Lipinski definition) is 5. The Morgan fingerprint density at radius 3 is 2.46 bits per heavy atom. The van der Waals surface area contributed by atoms with Crippen LogP contribution in [-0.4, -0.2) is 28.7 Å². The molecule has 0 aliphatic heterocycles. The fourth-order valence-electron chi connectivity index (χ4n) is 2.35. The molecule has 3 amide bonds. The Labute approximate surface area is 156 Å². The standard InChI is InChI=1S/C18H22N4O3S/c1-11(2)16(21-15(24)8-12-6-4-3-5-7-12)17(25)22-18-20-13(10-26-18)9-14(19)23/h3-7,10-11,16H,8-9H2,1-2H3,(H2,19,23)(H,21,24)(H,20,22,25). The molecule has 0 bridgehead atoms. The number of nitrogens with two attached hydrogens (primary N) is 1. The number of primary amides is 1. The number of benzene rings is 1. The highest BCUT2D eigenvalue weighted by Crippen LogP contribution is 2.17. The number of carbonyl (C=O) groups is 3. The van der Waals surface area contributed by atoms with Gasteiger partial charge in [-0.15, -0.1) is 11.3 Å². The van der Waals surface area contributed by atoms with Crippen molar-refractivity contribution in [3.8, 4) is 0 Å². The van der Waals surface area contributed by atoms with Gasteiger partial charge < -0.3 is 16.4 Å². The van der Waals surface area contributed by atoms with Gasteiger partial charge in [0.15, 0.2) is 5.13 Å². The Bertz CT molecular complexity index is 774. The zero-order chi connectivity index (χ0) is 19.1. The van der Waals surface area contributed by atoms with E-state index in [0.717, 1.165) is 5.56 Å². The predicted molar refractivity (Wildman–Crippen MR) is 101 cm³/mol.